The molecular formula is C17H26N2OS. The van der Waals surface area contributed by atoms with Crippen LogP contribution in [0.4, 0.5) is 0 Å². The van der Waals surface area contributed by atoms with Crippen molar-refractivity contribution in [3.63, 3.8) is 0 Å². The second kappa shape index (κ2) is 6.57. The maximum Gasteiger partial charge on any atom is 0.248 e. The fourth-order valence-electron chi connectivity index (χ4n) is 3.87. The zero-order chi connectivity index (χ0) is 14.7. The first-order valence-corrected chi connectivity index (χ1v) is 9.46. The Hall–Kier alpha value is -0.740. The summed E-state index contributed by atoms with van der Waals surface area (Å²) in [6.45, 7) is 1.09. The molecule has 0 aliphatic heterocycles. The summed E-state index contributed by atoms with van der Waals surface area (Å²) in [6, 6.07) is 4.11. The Morgan fingerprint density at radius 1 is 1.29 bits per heavy atom. The van der Waals surface area contributed by atoms with Crippen molar-refractivity contribution in [2.45, 2.75) is 62.2 Å². The van der Waals surface area contributed by atoms with Crippen molar-refractivity contribution in [1.29, 1.82) is 0 Å². The molecule has 4 heteroatoms. The summed E-state index contributed by atoms with van der Waals surface area (Å²) >= 11 is 2.05. The van der Waals surface area contributed by atoms with Crippen molar-refractivity contribution in [2.75, 3.05) is 12.8 Å². The molecule has 1 heterocycles. The van der Waals surface area contributed by atoms with E-state index in [-0.39, 0.29) is 5.56 Å². The van der Waals surface area contributed by atoms with Crippen LogP contribution >= 0.6 is 11.8 Å². The van der Waals surface area contributed by atoms with E-state index in [1.54, 1.807) is 6.07 Å². The maximum atomic E-state index is 11.5. The molecule has 1 atom stereocenters. The van der Waals surface area contributed by atoms with Gasteiger partial charge in [-0.25, -0.2) is 0 Å². The third kappa shape index (κ3) is 3.37. The average Bonchev–Trinajstić information content (AvgIpc) is 2.53. The molecule has 0 radical (unpaired) electrons. The van der Waals surface area contributed by atoms with Crippen LogP contribution in [-0.4, -0.2) is 22.5 Å². The third-order valence-electron chi connectivity index (χ3n) is 5.20. The van der Waals surface area contributed by atoms with Gasteiger partial charge in [-0.15, -0.1) is 0 Å². The van der Waals surface area contributed by atoms with E-state index in [0.717, 1.165) is 25.1 Å². The molecule has 1 aromatic rings. The zero-order valence-electron chi connectivity index (χ0n) is 12.9. The van der Waals surface area contributed by atoms with Crippen molar-refractivity contribution in [2.24, 2.45) is 0 Å². The predicted molar refractivity (Wildman–Crippen MR) is 90.1 cm³/mol. The molecule has 0 aromatic carbocycles. The third-order valence-corrected chi connectivity index (χ3v) is 6.62. The Bertz CT molecular complexity index is 534. The second-order valence-corrected chi connectivity index (χ2v) is 7.80. The van der Waals surface area contributed by atoms with Crippen LogP contribution in [0.25, 0.3) is 0 Å². The highest BCUT2D eigenvalue weighted by molar-refractivity contribution is 8.00. The van der Waals surface area contributed by atoms with Gasteiger partial charge in [0.05, 0.1) is 0 Å². The molecule has 21 heavy (non-hydrogen) atoms. The molecule has 0 saturated heterocycles. The summed E-state index contributed by atoms with van der Waals surface area (Å²) in [4.78, 5) is 14.5. The monoisotopic (exact) mass is 306 g/mol. The first kappa shape index (κ1) is 15.2. The van der Waals surface area contributed by atoms with Gasteiger partial charge < -0.3 is 10.3 Å². The lowest BCUT2D eigenvalue weighted by Gasteiger charge is -2.38. The minimum absolute atomic E-state index is 0.0299. The second-order valence-electron chi connectivity index (χ2n) is 6.53. The van der Waals surface area contributed by atoms with Crippen LogP contribution in [0.3, 0.4) is 0 Å². The van der Waals surface area contributed by atoms with Gasteiger partial charge in [0.2, 0.25) is 5.56 Å². The number of H-pyrrole nitrogens is 1. The molecule has 2 aliphatic carbocycles. The minimum Gasteiger partial charge on any atom is -0.326 e. The number of thioether (sulfide) groups is 1. The number of aromatic nitrogens is 1. The van der Waals surface area contributed by atoms with E-state index in [1.807, 2.05) is 17.8 Å². The Kier molecular flexibility index (Phi) is 4.75. The Balaban J connectivity index is 1.70. The van der Waals surface area contributed by atoms with Crippen molar-refractivity contribution in [3.8, 4) is 0 Å². The molecule has 2 aliphatic rings. The lowest BCUT2D eigenvalue weighted by atomic mass is 9.86. The molecular weight excluding hydrogens is 280 g/mol. The Morgan fingerprint density at radius 3 is 2.86 bits per heavy atom. The van der Waals surface area contributed by atoms with Gasteiger partial charge >= 0.3 is 0 Å². The maximum absolute atomic E-state index is 11.5. The van der Waals surface area contributed by atoms with Crippen molar-refractivity contribution >= 4 is 11.8 Å². The van der Waals surface area contributed by atoms with E-state index in [1.165, 1.54) is 44.1 Å². The van der Waals surface area contributed by atoms with Crippen LogP contribution in [0.2, 0.25) is 0 Å². The average molecular weight is 306 g/mol. The van der Waals surface area contributed by atoms with Crippen molar-refractivity contribution < 1.29 is 0 Å². The number of pyridine rings is 1. The first-order chi connectivity index (χ1) is 10.2. The molecule has 0 spiro atoms. The molecule has 3 rings (SSSR count). The Labute approximate surface area is 131 Å². The van der Waals surface area contributed by atoms with Crippen LogP contribution < -0.4 is 10.9 Å². The minimum atomic E-state index is 0.0299. The van der Waals surface area contributed by atoms with Crippen LogP contribution in [0, 0.1) is 0 Å². The van der Waals surface area contributed by atoms with Gasteiger partial charge in [0.15, 0.2) is 0 Å². The number of nitrogens with one attached hydrogen (secondary N) is 2. The summed E-state index contributed by atoms with van der Waals surface area (Å²) in [7, 11) is 0. The first-order valence-electron chi connectivity index (χ1n) is 8.23. The highest BCUT2D eigenvalue weighted by Gasteiger charge is 2.32. The highest BCUT2D eigenvalue weighted by atomic mass is 32.2. The molecule has 2 N–H and O–H groups in total. The van der Waals surface area contributed by atoms with Crippen LogP contribution in [0.15, 0.2) is 16.9 Å². The van der Waals surface area contributed by atoms with Crippen molar-refractivity contribution in [3.05, 3.63) is 33.7 Å². The lowest BCUT2D eigenvalue weighted by Crippen LogP contribution is -2.41. The molecule has 1 saturated carbocycles. The predicted octanol–water partition coefficient (Wildman–Crippen LogP) is 3.41. The molecule has 0 bridgehead atoms. The van der Waals surface area contributed by atoms with E-state index in [0.29, 0.717) is 10.8 Å². The number of aromatic amines is 1. The molecule has 1 aromatic heterocycles. The number of hydrogen-bond donors (Lipinski definition) is 2. The van der Waals surface area contributed by atoms with Crippen LogP contribution in [0.5, 0.6) is 0 Å². The summed E-state index contributed by atoms with van der Waals surface area (Å²) in [5, 5.41) is 3.82. The van der Waals surface area contributed by atoms with E-state index in [4.69, 9.17) is 0 Å². The number of aryl methyl sites for hydroxylation is 1. The molecule has 116 valence electrons. The smallest absolute Gasteiger partial charge is 0.248 e. The SMILES string of the molecule is CSC1(CNC2CCCc3[nH]c(=O)ccc32)CCCCC1. The fraction of sp³-hybridized carbons (Fsp3) is 0.706. The molecule has 0 amide bonds. The summed E-state index contributed by atoms with van der Waals surface area (Å²) < 4.78 is 0.429. The molecule has 3 nitrogen and oxygen atoms in total. The number of fused-ring (bicyclic) bond motifs is 1. The number of rotatable bonds is 4. The van der Waals surface area contributed by atoms with Gasteiger partial charge in [0.25, 0.3) is 0 Å². The number of hydrogen-bond acceptors (Lipinski definition) is 3. The highest BCUT2D eigenvalue weighted by Crippen LogP contribution is 2.39. The van der Waals surface area contributed by atoms with E-state index in [9.17, 15) is 4.79 Å². The largest absolute Gasteiger partial charge is 0.326 e. The van der Waals surface area contributed by atoms with E-state index < -0.39 is 0 Å². The summed E-state index contributed by atoms with van der Waals surface area (Å²) in [6.07, 6.45) is 12.4. The van der Waals surface area contributed by atoms with Gasteiger partial charge in [-0.2, -0.15) is 11.8 Å². The zero-order valence-corrected chi connectivity index (χ0v) is 13.7. The molecule has 1 fully saturated rings. The fourth-order valence-corrected chi connectivity index (χ4v) is 4.80. The topological polar surface area (TPSA) is 44.9 Å². The van der Waals surface area contributed by atoms with Gasteiger partial charge in [-0.1, -0.05) is 25.3 Å². The van der Waals surface area contributed by atoms with E-state index >= 15 is 0 Å². The summed E-state index contributed by atoms with van der Waals surface area (Å²) in [5.74, 6) is 0. The Morgan fingerprint density at radius 2 is 2.10 bits per heavy atom. The lowest BCUT2D eigenvalue weighted by molar-refractivity contribution is 0.350. The standard InChI is InChI=1S/C17H26N2OS/c1-21-17(10-3-2-4-11-17)12-18-14-6-5-7-15-13(14)8-9-16(20)19-15/h8-9,14,18H,2-7,10-12H2,1H3,(H,19,20). The van der Waals surface area contributed by atoms with Crippen molar-refractivity contribution in [1.82, 2.24) is 10.3 Å². The van der Waals surface area contributed by atoms with Gasteiger partial charge in [0.1, 0.15) is 0 Å². The molecule has 1 unspecified atom stereocenters. The van der Waals surface area contributed by atoms with Gasteiger partial charge in [0, 0.05) is 29.1 Å². The van der Waals surface area contributed by atoms with E-state index in [2.05, 4.69) is 16.6 Å². The van der Waals surface area contributed by atoms with Crippen LogP contribution in [-0.2, 0) is 6.42 Å². The summed E-state index contributed by atoms with van der Waals surface area (Å²) in [5.41, 5.74) is 2.49. The quantitative estimate of drug-likeness (QED) is 0.896. The van der Waals surface area contributed by atoms with Gasteiger partial charge in [-0.05, 0) is 43.9 Å². The normalized spacial score (nSPS) is 24.5. The van der Waals surface area contributed by atoms with Crippen LogP contribution in [0.1, 0.15) is 62.2 Å². The van der Waals surface area contributed by atoms with Gasteiger partial charge in [-0.3, -0.25) is 4.79 Å².